The van der Waals surface area contributed by atoms with Gasteiger partial charge in [0.05, 0.1) is 50.6 Å². The maximum atomic E-state index is 12.5. The average molecular weight is 369 g/mol. The van der Waals surface area contributed by atoms with Crippen LogP contribution in [0.2, 0.25) is 0 Å². The lowest BCUT2D eigenvalue weighted by Crippen LogP contribution is -2.49. The highest BCUT2D eigenvalue weighted by Crippen LogP contribution is 2.29. The number of halogens is 3. The minimum Gasteiger partial charge on any atom is -0.481 e. The van der Waals surface area contributed by atoms with Crippen molar-refractivity contribution in [2.24, 2.45) is 0 Å². The van der Waals surface area contributed by atoms with Crippen molar-refractivity contribution in [2.75, 3.05) is 27.7 Å². The van der Waals surface area contributed by atoms with Gasteiger partial charge in [0.1, 0.15) is 0 Å². The van der Waals surface area contributed by atoms with Crippen LogP contribution >= 0.6 is 0 Å². The summed E-state index contributed by atoms with van der Waals surface area (Å²) in [4.78, 5) is 10.6. The van der Waals surface area contributed by atoms with E-state index < -0.39 is 40.2 Å². The molecule has 0 unspecified atom stereocenters. The lowest BCUT2D eigenvalue weighted by Gasteiger charge is -2.29. The van der Waals surface area contributed by atoms with Crippen molar-refractivity contribution in [3.05, 3.63) is 29.8 Å². The van der Waals surface area contributed by atoms with Gasteiger partial charge in [-0.25, -0.2) is 13.1 Å². The lowest BCUT2D eigenvalue weighted by atomic mass is 10.2. The number of rotatable bonds is 7. The molecule has 0 amide bonds. The van der Waals surface area contributed by atoms with Gasteiger partial charge in [-0.1, -0.05) is 0 Å². The monoisotopic (exact) mass is 369 g/mol. The summed E-state index contributed by atoms with van der Waals surface area (Å²) in [7, 11) is 1.17. The molecule has 0 aliphatic rings. The Labute approximate surface area is 138 Å². The molecule has 0 fully saturated rings. The smallest absolute Gasteiger partial charge is 0.416 e. The van der Waals surface area contributed by atoms with E-state index in [0.717, 1.165) is 12.1 Å². The van der Waals surface area contributed by atoms with Crippen LogP contribution in [0.3, 0.4) is 0 Å². The minimum absolute atomic E-state index is 0.201. The number of nitrogens with zero attached hydrogens (tertiary/aromatic N) is 1. The van der Waals surface area contributed by atoms with E-state index in [4.69, 9.17) is 5.11 Å². The molecule has 0 saturated heterocycles. The van der Waals surface area contributed by atoms with E-state index in [1.807, 2.05) is 0 Å². The molecule has 0 radical (unpaired) electrons. The first-order valence-corrected chi connectivity index (χ1v) is 8.41. The zero-order chi connectivity index (χ0) is 18.8. The summed E-state index contributed by atoms with van der Waals surface area (Å²) in [5, 5.41) is 8.91. The zero-order valence-corrected chi connectivity index (χ0v) is 14.3. The normalized spacial score (nSPS) is 14.4. The average Bonchev–Trinajstić information content (AvgIpc) is 2.34. The highest BCUT2D eigenvalue weighted by atomic mass is 32.2. The van der Waals surface area contributed by atoms with Gasteiger partial charge in [-0.2, -0.15) is 13.2 Å². The van der Waals surface area contributed by atoms with Crippen LogP contribution in [0.1, 0.15) is 12.0 Å². The van der Waals surface area contributed by atoms with Crippen molar-refractivity contribution in [3.8, 4) is 0 Å². The molecule has 0 bridgehead atoms. The largest absolute Gasteiger partial charge is 0.481 e. The summed E-state index contributed by atoms with van der Waals surface area (Å²) < 4.78 is 64.7. The van der Waals surface area contributed by atoms with Crippen molar-refractivity contribution >= 4 is 16.0 Å². The fraction of sp³-hybridized carbons (Fsp3) is 0.500. The number of carboxylic acids is 1. The number of sulfonamides is 1. The van der Waals surface area contributed by atoms with Gasteiger partial charge >= 0.3 is 12.1 Å². The van der Waals surface area contributed by atoms with Gasteiger partial charge in [-0.3, -0.25) is 4.79 Å². The number of quaternary nitrogens is 1. The number of aliphatic carboxylic acids is 1. The predicted molar refractivity (Wildman–Crippen MR) is 80.7 cm³/mol. The van der Waals surface area contributed by atoms with Gasteiger partial charge in [0.25, 0.3) is 0 Å². The first-order chi connectivity index (χ1) is 10.7. The second kappa shape index (κ2) is 7.08. The van der Waals surface area contributed by atoms with E-state index in [2.05, 4.69) is 4.72 Å². The van der Waals surface area contributed by atoms with Crippen LogP contribution in [0.5, 0.6) is 0 Å². The van der Waals surface area contributed by atoms with Gasteiger partial charge in [-0.15, -0.1) is 0 Å². The van der Waals surface area contributed by atoms with Crippen LogP contribution in [0.15, 0.2) is 29.2 Å². The first-order valence-electron chi connectivity index (χ1n) is 6.92. The van der Waals surface area contributed by atoms with Crippen LogP contribution in [0.25, 0.3) is 0 Å². The fourth-order valence-electron chi connectivity index (χ4n) is 2.13. The Morgan fingerprint density at radius 1 is 1.21 bits per heavy atom. The summed E-state index contributed by atoms with van der Waals surface area (Å²) >= 11 is 0. The van der Waals surface area contributed by atoms with E-state index in [0.29, 0.717) is 16.6 Å². The molecule has 0 spiro atoms. The molecule has 1 aromatic rings. The van der Waals surface area contributed by atoms with Crippen molar-refractivity contribution in [1.29, 1.82) is 0 Å². The fourth-order valence-corrected chi connectivity index (χ4v) is 3.35. The molecular weight excluding hydrogens is 349 g/mol. The van der Waals surface area contributed by atoms with E-state index in [9.17, 15) is 26.4 Å². The molecule has 1 rings (SSSR count). The minimum atomic E-state index is -4.56. The van der Waals surface area contributed by atoms with Crippen molar-refractivity contribution in [3.63, 3.8) is 0 Å². The predicted octanol–water partition coefficient (Wildman–Crippen LogP) is 1.53. The Morgan fingerprint density at radius 3 is 2.08 bits per heavy atom. The SMILES string of the molecule is C[N+](C)(C)C[C@@H](CC(=O)O)NS(=O)(=O)c1ccc(C(F)(F)F)cc1. The number of benzene rings is 1. The topological polar surface area (TPSA) is 83.5 Å². The molecule has 0 aromatic heterocycles. The number of hydrogen-bond donors (Lipinski definition) is 2. The quantitative estimate of drug-likeness (QED) is 0.714. The maximum Gasteiger partial charge on any atom is 0.416 e. The van der Waals surface area contributed by atoms with Gasteiger partial charge in [0.2, 0.25) is 10.0 Å². The van der Waals surface area contributed by atoms with Crippen LogP contribution < -0.4 is 4.72 Å². The summed E-state index contributed by atoms with van der Waals surface area (Å²) in [5.41, 5.74) is -0.963. The summed E-state index contributed by atoms with van der Waals surface area (Å²) in [6.07, 6.45) is -5.00. The van der Waals surface area contributed by atoms with Crippen molar-refractivity contribution in [1.82, 2.24) is 4.72 Å². The summed E-state index contributed by atoms with van der Waals surface area (Å²) in [6.45, 7) is 0.201. The number of carboxylic acid groups (broad SMARTS) is 1. The molecule has 1 aromatic carbocycles. The number of carbonyl (C=O) groups is 1. The maximum absolute atomic E-state index is 12.5. The molecule has 0 saturated carbocycles. The Balaban J connectivity index is 3.02. The molecule has 136 valence electrons. The third kappa shape index (κ3) is 6.46. The third-order valence-electron chi connectivity index (χ3n) is 3.00. The first kappa shape index (κ1) is 20.4. The molecule has 0 aliphatic heterocycles. The van der Waals surface area contributed by atoms with E-state index >= 15 is 0 Å². The van der Waals surface area contributed by atoms with Crippen molar-refractivity contribution < 1.29 is 36.0 Å². The molecule has 24 heavy (non-hydrogen) atoms. The molecule has 10 heteroatoms. The molecular formula is C14H20F3N2O4S+. The number of likely N-dealkylation sites (N-methyl/N-ethyl adjacent to an activating group) is 1. The molecule has 6 nitrogen and oxygen atoms in total. The number of hydrogen-bond acceptors (Lipinski definition) is 3. The van der Waals surface area contributed by atoms with Gasteiger partial charge < -0.3 is 9.59 Å². The van der Waals surface area contributed by atoms with E-state index in [1.165, 1.54) is 0 Å². The van der Waals surface area contributed by atoms with Crippen LogP contribution in [-0.4, -0.2) is 57.7 Å². The van der Waals surface area contributed by atoms with E-state index in [1.54, 1.807) is 21.1 Å². The lowest BCUT2D eigenvalue weighted by molar-refractivity contribution is -0.871. The molecule has 0 heterocycles. The Hall–Kier alpha value is -1.65. The van der Waals surface area contributed by atoms with Crippen LogP contribution in [0.4, 0.5) is 13.2 Å². The van der Waals surface area contributed by atoms with Gasteiger partial charge in [-0.05, 0) is 24.3 Å². The molecule has 0 aliphatic carbocycles. The van der Waals surface area contributed by atoms with E-state index in [-0.39, 0.29) is 11.4 Å². The molecule has 1 atom stereocenters. The van der Waals surface area contributed by atoms with Gasteiger partial charge in [0.15, 0.2) is 0 Å². The highest BCUT2D eigenvalue weighted by Gasteiger charge is 2.31. The Kier molecular flexibility index (Phi) is 6.01. The van der Waals surface area contributed by atoms with Gasteiger partial charge in [0, 0.05) is 0 Å². The standard InChI is InChI=1S/C14H19F3N2O4S/c1-19(2,3)9-11(8-13(20)21)18-24(22,23)12-6-4-10(5-7-12)14(15,16)17/h4-7,11,18H,8-9H2,1-3H3/p+1/t11-/m1/s1. The Bertz CT molecular complexity index is 679. The van der Waals surface area contributed by atoms with Crippen LogP contribution in [0, 0.1) is 0 Å². The summed E-state index contributed by atoms with van der Waals surface area (Å²) in [5.74, 6) is -1.18. The van der Waals surface area contributed by atoms with Crippen molar-refractivity contribution in [2.45, 2.75) is 23.5 Å². The summed E-state index contributed by atoms with van der Waals surface area (Å²) in [6, 6.07) is 2.13. The molecule has 2 N–H and O–H groups in total. The second-order valence-electron chi connectivity index (χ2n) is 6.41. The van der Waals surface area contributed by atoms with Crippen LogP contribution in [-0.2, 0) is 21.0 Å². The number of nitrogens with one attached hydrogen (secondary N) is 1. The number of alkyl halides is 3. The second-order valence-corrected chi connectivity index (χ2v) is 8.13. The Morgan fingerprint density at radius 2 is 1.71 bits per heavy atom. The zero-order valence-electron chi connectivity index (χ0n) is 13.5. The third-order valence-corrected chi connectivity index (χ3v) is 4.54. The highest BCUT2D eigenvalue weighted by molar-refractivity contribution is 7.89.